The Balaban J connectivity index is 2.72. The predicted octanol–water partition coefficient (Wildman–Crippen LogP) is 5.60. The minimum Gasteiger partial charge on any atom is -0.494 e. The van der Waals surface area contributed by atoms with Crippen molar-refractivity contribution in [2.45, 2.75) is 73.3 Å². The van der Waals surface area contributed by atoms with Gasteiger partial charge in [-0.3, -0.25) is 4.79 Å². The van der Waals surface area contributed by atoms with Crippen molar-refractivity contribution in [2.75, 3.05) is 38.2 Å². The summed E-state index contributed by atoms with van der Waals surface area (Å²) in [5.74, 6) is 1.51. The summed E-state index contributed by atoms with van der Waals surface area (Å²) in [5, 5.41) is 3.08. The highest BCUT2D eigenvalue weighted by Gasteiger charge is 2.40. The average Bonchev–Trinajstić information content (AvgIpc) is 2.68. The summed E-state index contributed by atoms with van der Waals surface area (Å²) >= 11 is 0. The second-order valence-corrected chi connectivity index (χ2v) is 8.83. The van der Waals surface area contributed by atoms with Crippen LogP contribution >= 0.6 is 0 Å². The Morgan fingerprint density at radius 2 is 1.57 bits per heavy atom. The van der Waals surface area contributed by atoms with Crippen molar-refractivity contribution in [3.05, 3.63) is 24.3 Å². The Kier molecular flexibility index (Phi) is 12.0. The maximum atomic E-state index is 13.2. The summed E-state index contributed by atoms with van der Waals surface area (Å²) < 4.78 is 11.9. The van der Waals surface area contributed by atoms with Crippen molar-refractivity contribution in [2.24, 2.45) is 11.8 Å². The van der Waals surface area contributed by atoms with E-state index in [4.69, 9.17) is 9.47 Å². The molecule has 0 aliphatic carbocycles. The molecule has 0 saturated carbocycles. The summed E-state index contributed by atoms with van der Waals surface area (Å²) in [4.78, 5) is 15.6. The zero-order valence-corrected chi connectivity index (χ0v) is 20.3. The standard InChI is InChI=1S/C25H44N2O3/c1-8-27(9-2)16-11-17-29-23-14-12-22(13-15-23)26-24(28)25(30-10-3,18-20(4)5)19-21(6)7/h12-15,20-21H,8-11,16-19H2,1-7H3,(H,26,28). The number of rotatable bonds is 15. The third-order valence-corrected chi connectivity index (χ3v) is 5.20. The van der Waals surface area contributed by atoms with Crippen molar-refractivity contribution in [3.63, 3.8) is 0 Å². The Bertz CT molecular complexity index is 585. The van der Waals surface area contributed by atoms with E-state index >= 15 is 0 Å². The van der Waals surface area contributed by atoms with E-state index in [1.54, 1.807) is 0 Å². The van der Waals surface area contributed by atoms with Crippen molar-refractivity contribution >= 4 is 11.6 Å². The Hall–Kier alpha value is -1.59. The maximum absolute atomic E-state index is 13.2. The molecule has 0 heterocycles. The molecule has 1 aromatic carbocycles. The van der Waals surface area contributed by atoms with Crippen molar-refractivity contribution < 1.29 is 14.3 Å². The Morgan fingerprint density at radius 1 is 1.00 bits per heavy atom. The molecule has 30 heavy (non-hydrogen) atoms. The number of hydrogen-bond acceptors (Lipinski definition) is 4. The molecular weight excluding hydrogens is 376 g/mol. The minimum absolute atomic E-state index is 0.0559. The fourth-order valence-electron chi connectivity index (χ4n) is 3.94. The first-order chi connectivity index (χ1) is 14.3. The number of ether oxygens (including phenoxy) is 2. The summed E-state index contributed by atoms with van der Waals surface area (Å²) in [7, 11) is 0. The highest BCUT2D eigenvalue weighted by molar-refractivity contribution is 5.97. The summed E-state index contributed by atoms with van der Waals surface area (Å²) in [5.41, 5.74) is -0.0245. The first-order valence-corrected chi connectivity index (χ1v) is 11.7. The van der Waals surface area contributed by atoms with Gasteiger partial charge in [-0.15, -0.1) is 0 Å². The smallest absolute Gasteiger partial charge is 0.256 e. The van der Waals surface area contributed by atoms with Gasteiger partial charge in [-0.05, 0) is 75.4 Å². The number of carbonyl (C=O) groups excluding carboxylic acids is 1. The fraction of sp³-hybridized carbons (Fsp3) is 0.720. The van der Waals surface area contributed by atoms with E-state index < -0.39 is 5.60 Å². The molecule has 1 rings (SSSR count). The largest absolute Gasteiger partial charge is 0.494 e. The van der Waals surface area contributed by atoms with E-state index in [9.17, 15) is 4.79 Å². The molecule has 0 aromatic heterocycles. The highest BCUT2D eigenvalue weighted by Crippen LogP contribution is 2.31. The van der Waals surface area contributed by atoms with E-state index in [0.29, 0.717) is 37.9 Å². The van der Waals surface area contributed by atoms with Crippen molar-refractivity contribution in [1.29, 1.82) is 0 Å². The summed E-state index contributed by atoms with van der Waals surface area (Å²) in [6.45, 7) is 19.2. The molecule has 1 N–H and O–H groups in total. The van der Waals surface area contributed by atoms with Crippen molar-refractivity contribution in [1.82, 2.24) is 4.90 Å². The second-order valence-electron chi connectivity index (χ2n) is 8.83. The lowest BCUT2D eigenvalue weighted by Crippen LogP contribution is -2.47. The van der Waals surface area contributed by atoms with Crippen LogP contribution in [0, 0.1) is 11.8 Å². The molecule has 0 saturated heterocycles. The van der Waals surface area contributed by atoms with E-state index in [1.165, 1.54) is 0 Å². The maximum Gasteiger partial charge on any atom is 0.256 e. The molecular formula is C25H44N2O3. The van der Waals surface area contributed by atoms with Gasteiger partial charge in [-0.2, -0.15) is 0 Å². The van der Waals surface area contributed by atoms with Gasteiger partial charge in [0.05, 0.1) is 6.61 Å². The summed E-state index contributed by atoms with van der Waals surface area (Å²) in [6, 6.07) is 7.64. The molecule has 0 aliphatic rings. The minimum atomic E-state index is -0.795. The predicted molar refractivity (Wildman–Crippen MR) is 126 cm³/mol. The zero-order valence-electron chi connectivity index (χ0n) is 20.3. The lowest BCUT2D eigenvalue weighted by atomic mass is 9.83. The number of nitrogens with one attached hydrogen (secondary N) is 1. The van der Waals surface area contributed by atoms with Gasteiger partial charge < -0.3 is 19.7 Å². The topological polar surface area (TPSA) is 50.8 Å². The first kappa shape index (κ1) is 26.4. The lowest BCUT2D eigenvalue weighted by molar-refractivity contribution is -0.146. The lowest BCUT2D eigenvalue weighted by Gasteiger charge is -2.35. The number of amides is 1. The van der Waals surface area contributed by atoms with Crippen LogP contribution in [-0.2, 0) is 9.53 Å². The SMILES string of the molecule is CCOC(CC(C)C)(CC(C)C)C(=O)Nc1ccc(OCCCN(CC)CC)cc1. The molecule has 0 radical (unpaired) electrons. The molecule has 0 atom stereocenters. The van der Waals surface area contributed by atoms with Crippen LogP contribution < -0.4 is 10.1 Å². The van der Waals surface area contributed by atoms with Gasteiger partial charge >= 0.3 is 0 Å². The van der Waals surface area contributed by atoms with E-state index in [-0.39, 0.29) is 5.91 Å². The third-order valence-electron chi connectivity index (χ3n) is 5.20. The average molecular weight is 421 g/mol. The molecule has 172 valence electrons. The Labute approximate surface area is 184 Å². The molecule has 0 aliphatic heterocycles. The van der Waals surface area contributed by atoms with Crippen LogP contribution in [0.5, 0.6) is 5.75 Å². The Morgan fingerprint density at radius 3 is 2.03 bits per heavy atom. The highest BCUT2D eigenvalue weighted by atomic mass is 16.5. The van der Waals surface area contributed by atoms with Crippen LogP contribution in [-0.4, -0.2) is 49.3 Å². The van der Waals surface area contributed by atoms with Gasteiger partial charge in [0.25, 0.3) is 5.91 Å². The van der Waals surface area contributed by atoms with Gasteiger partial charge in [-0.1, -0.05) is 41.5 Å². The van der Waals surface area contributed by atoms with Gasteiger partial charge in [-0.25, -0.2) is 0 Å². The molecule has 0 spiro atoms. The molecule has 0 fully saturated rings. The number of nitrogens with zero attached hydrogens (tertiary/aromatic N) is 1. The van der Waals surface area contributed by atoms with Gasteiger partial charge in [0, 0.05) is 18.8 Å². The molecule has 5 heteroatoms. The quantitative estimate of drug-likeness (QED) is 0.375. The van der Waals surface area contributed by atoms with Gasteiger partial charge in [0.1, 0.15) is 11.4 Å². The molecule has 0 unspecified atom stereocenters. The van der Waals surface area contributed by atoms with E-state index in [1.807, 2.05) is 31.2 Å². The van der Waals surface area contributed by atoms with Crippen LogP contribution in [0.1, 0.15) is 67.7 Å². The number of benzene rings is 1. The molecule has 1 aromatic rings. The van der Waals surface area contributed by atoms with Crippen molar-refractivity contribution in [3.8, 4) is 5.75 Å². The van der Waals surface area contributed by atoms with Crippen LogP contribution in [0.3, 0.4) is 0 Å². The molecule has 1 amide bonds. The first-order valence-electron chi connectivity index (χ1n) is 11.7. The van der Waals surface area contributed by atoms with E-state index in [0.717, 1.165) is 37.5 Å². The second kappa shape index (κ2) is 13.7. The number of carbonyl (C=O) groups is 1. The summed E-state index contributed by atoms with van der Waals surface area (Å²) in [6.07, 6.45) is 2.42. The van der Waals surface area contributed by atoms with E-state index in [2.05, 4.69) is 51.8 Å². The number of anilines is 1. The van der Waals surface area contributed by atoms with Crippen LogP contribution in [0.15, 0.2) is 24.3 Å². The monoisotopic (exact) mass is 420 g/mol. The van der Waals surface area contributed by atoms with Crippen LogP contribution in [0.2, 0.25) is 0 Å². The number of hydrogen-bond donors (Lipinski definition) is 1. The van der Waals surface area contributed by atoms with Crippen LogP contribution in [0.25, 0.3) is 0 Å². The third kappa shape index (κ3) is 9.05. The zero-order chi connectivity index (χ0) is 22.6. The molecule has 0 bridgehead atoms. The molecule has 5 nitrogen and oxygen atoms in total. The normalized spacial score (nSPS) is 12.1. The van der Waals surface area contributed by atoms with Gasteiger partial charge in [0.2, 0.25) is 0 Å². The van der Waals surface area contributed by atoms with Gasteiger partial charge in [0.15, 0.2) is 0 Å². The fourth-order valence-corrected chi connectivity index (χ4v) is 3.94. The van der Waals surface area contributed by atoms with Crippen LogP contribution in [0.4, 0.5) is 5.69 Å².